The topological polar surface area (TPSA) is 17.8 Å². The van der Waals surface area contributed by atoms with Crippen molar-refractivity contribution in [2.75, 3.05) is 0 Å². The van der Waals surface area contributed by atoms with Crippen molar-refractivity contribution in [3.63, 3.8) is 0 Å². The third kappa shape index (κ3) is 1.86. The fourth-order valence-electron chi connectivity index (χ4n) is 2.71. The number of halogens is 3. The van der Waals surface area contributed by atoms with Crippen LogP contribution >= 0.6 is 27.5 Å². The van der Waals surface area contributed by atoms with Crippen LogP contribution in [0.1, 0.15) is 31.6 Å². The van der Waals surface area contributed by atoms with Crippen LogP contribution in [0.5, 0.6) is 0 Å². The average Bonchev–Trinajstić information content (AvgIpc) is 2.63. The Morgan fingerprint density at radius 1 is 1.50 bits per heavy atom. The van der Waals surface area contributed by atoms with E-state index in [0.717, 1.165) is 30.1 Å². The lowest BCUT2D eigenvalue weighted by molar-refractivity contribution is 0.217. The van der Waals surface area contributed by atoms with Gasteiger partial charge in [-0.2, -0.15) is 0 Å². The molecule has 0 unspecified atom stereocenters. The van der Waals surface area contributed by atoms with Gasteiger partial charge in [0.1, 0.15) is 11.6 Å². The molecule has 0 bridgehead atoms. The summed E-state index contributed by atoms with van der Waals surface area (Å²) in [4.78, 5) is 4.43. The van der Waals surface area contributed by atoms with Crippen LogP contribution < -0.4 is 0 Å². The maximum atomic E-state index is 13.5. The SMILES string of the molecule is CC1CC(n2c(CCl)nc3cc(F)c(Br)cc32)C1. The summed E-state index contributed by atoms with van der Waals surface area (Å²) >= 11 is 9.19. The Morgan fingerprint density at radius 3 is 2.83 bits per heavy atom. The lowest BCUT2D eigenvalue weighted by Crippen LogP contribution is -2.25. The molecule has 1 fully saturated rings. The van der Waals surface area contributed by atoms with Crippen LogP contribution in [0, 0.1) is 11.7 Å². The fraction of sp³-hybridized carbons (Fsp3) is 0.462. The monoisotopic (exact) mass is 330 g/mol. The summed E-state index contributed by atoms with van der Waals surface area (Å²) in [5, 5.41) is 0. The minimum absolute atomic E-state index is 0.282. The number of hydrogen-bond acceptors (Lipinski definition) is 1. The van der Waals surface area contributed by atoms with Gasteiger partial charge < -0.3 is 4.57 Å². The molecule has 0 atom stereocenters. The molecule has 1 saturated carbocycles. The molecule has 1 aliphatic rings. The van der Waals surface area contributed by atoms with E-state index in [1.165, 1.54) is 6.07 Å². The van der Waals surface area contributed by atoms with Crippen LogP contribution in [0.3, 0.4) is 0 Å². The summed E-state index contributed by atoms with van der Waals surface area (Å²) in [7, 11) is 0. The molecular formula is C13H13BrClFN2. The van der Waals surface area contributed by atoms with Gasteiger partial charge in [-0.05, 0) is 40.8 Å². The van der Waals surface area contributed by atoms with Gasteiger partial charge in [0, 0.05) is 12.1 Å². The highest BCUT2D eigenvalue weighted by Crippen LogP contribution is 2.40. The van der Waals surface area contributed by atoms with Crippen LogP contribution in [0.15, 0.2) is 16.6 Å². The minimum atomic E-state index is -0.282. The fourth-order valence-corrected chi connectivity index (χ4v) is 3.23. The Hall–Kier alpha value is -0.610. The lowest BCUT2D eigenvalue weighted by Gasteiger charge is -2.35. The predicted molar refractivity (Wildman–Crippen MR) is 74.4 cm³/mol. The molecule has 0 aliphatic heterocycles. The zero-order chi connectivity index (χ0) is 12.9. The molecule has 1 aliphatic carbocycles. The van der Waals surface area contributed by atoms with Crippen LogP contribution in [0.2, 0.25) is 0 Å². The van der Waals surface area contributed by atoms with Gasteiger partial charge >= 0.3 is 0 Å². The smallest absolute Gasteiger partial charge is 0.139 e. The molecule has 1 heterocycles. The van der Waals surface area contributed by atoms with E-state index in [4.69, 9.17) is 11.6 Å². The van der Waals surface area contributed by atoms with Gasteiger partial charge in [0.2, 0.25) is 0 Å². The van der Waals surface area contributed by atoms with Crippen LogP contribution in [0.25, 0.3) is 11.0 Å². The lowest BCUT2D eigenvalue weighted by atomic mass is 9.81. The van der Waals surface area contributed by atoms with E-state index in [1.54, 1.807) is 6.07 Å². The third-order valence-electron chi connectivity index (χ3n) is 3.64. The van der Waals surface area contributed by atoms with Gasteiger partial charge in [-0.15, -0.1) is 11.6 Å². The number of rotatable bonds is 2. The summed E-state index contributed by atoms with van der Waals surface area (Å²) in [6.07, 6.45) is 2.29. The molecule has 96 valence electrons. The Labute approximate surface area is 118 Å². The summed E-state index contributed by atoms with van der Waals surface area (Å²) in [5.74, 6) is 1.66. The van der Waals surface area contributed by atoms with Crippen molar-refractivity contribution in [1.29, 1.82) is 0 Å². The van der Waals surface area contributed by atoms with Crippen molar-refractivity contribution >= 4 is 38.6 Å². The van der Waals surface area contributed by atoms with E-state index in [9.17, 15) is 4.39 Å². The first-order valence-electron chi connectivity index (χ1n) is 6.02. The van der Waals surface area contributed by atoms with Crippen molar-refractivity contribution in [2.45, 2.75) is 31.7 Å². The zero-order valence-electron chi connectivity index (χ0n) is 9.96. The van der Waals surface area contributed by atoms with E-state index in [-0.39, 0.29) is 5.82 Å². The molecule has 5 heteroatoms. The first kappa shape index (κ1) is 12.4. The van der Waals surface area contributed by atoms with Gasteiger partial charge in [-0.25, -0.2) is 9.37 Å². The molecule has 1 aromatic carbocycles. The van der Waals surface area contributed by atoms with Crippen molar-refractivity contribution in [3.8, 4) is 0 Å². The van der Waals surface area contributed by atoms with E-state index < -0.39 is 0 Å². The van der Waals surface area contributed by atoms with Crippen LogP contribution in [-0.4, -0.2) is 9.55 Å². The number of imidazole rings is 1. The molecule has 0 amide bonds. The zero-order valence-corrected chi connectivity index (χ0v) is 12.3. The number of benzene rings is 1. The second-order valence-corrected chi connectivity index (χ2v) is 6.14. The average molecular weight is 332 g/mol. The first-order chi connectivity index (χ1) is 8.60. The van der Waals surface area contributed by atoms with Crippen molar-refractivity contribution in [1.82, 2.24) is 9.55 Å². The molecule has 2 aromatic rings. The summed E-state index contributed by atoms with van der Waals surface area (Å²) < 4.78 is 16.2. The largest absolute Gasteiger partial charge is 0.324 e. The van der Waals surface area contributed by atoms with Gasteiger partial charge in [-0.1, -0.05) is 6.92 Å². The molecule has 0 N–H and O–H groups in total. The normalized spacial score (nSPS) is 23.3. The van der Waals surface area contributed by atoms with E-state index >= 15 is 0 Å². The van der Waals surface area contributed by atoms with Crippen LogP contribution in [0.4, 0.5) is 4.39 Å². The van der Waals surface area contributed by atoms with Gasteiger partial charge in [0.05, 0.1) is 21.4 Å². The number of aromatic nitrogens is 2. The summed E-state index contributed by atoms with van der Waals surface area (Å²) in [6.45, 7) is 2.24. The molecule has 1 aromatic heterocycles. The number of fused-ring (bicyclic) bond motifs is 1. The minimum Gasteiger partial charge on any atom is -0.324 e. The Bertz CT molecular complexity index is 605. The second kappa shape index (κ2) is 4.49. The van der Waals surface area contributed by atoms with Crippen molar-refractivity contribution < 1.29 is 4.39 Å². The first-order valence-corrected chi connectivity index (χ1v) is 7.34. The predicted octanol–water partition coefficient (Wildman–Crippen LogP) is 4.65. The second-order valence-electron chi connectivity index (χ2n) is 5.02. The molecule has 0 saturated heterocycles. The van der Waals surface area contributed by atoms with E-state index in [0.29, 0.717) is 21.9 Å². The number of hydrogen-bond donors (Lipinski definition) is 0. The van der Waals surface area contributed by atoms with Gasteiger partial charge in [0.15, 0.2) is 0 Å². The molecule has 18 heavy (non-hydrogen) atoms. The molecular weight excluding hydrogens is 319 g/mol. The number of alkyl halides is 1. The molecule has 0 spiro atoms. The third-order valence-corrected chi connectivity index (χ3v) is 4.48. The Balaban J connectivity index is 2.18. The van der Waals surface area contributed by atoms with Crippen molar-refractivity contribution in [2.24, 2.45) is 5.92 Å². The van der Waals surface area contributed by atoms with Crippen molar-refractivity contribution in [3.05, 3.63) is 28.2 Å². The van der Waals surface area contributed by atoms with Gasteiger partial charge in [-0.3, -0.25) is 0 Å². The molecule has 3 rings (SSSR count). The quantitative estimate of drug-likeness (QED) is 0.733. The Kier molecular flexibility index (Phi) is 3.10. The van der Waals surface area contributed by atoms with E-state index in [1.807, 2.05) is 0 Å². The highest BCUT2D eigenvalue weighted by atomic mass is 79.9. The van der Waals surface area contributed by atoms with Gasteiger partial charge in [0.25, 0.3) is 0 Å². The molecule has 2 nitrogen and oxygen atoms in total. The molecule has 0 radical (unpaired) electrons. The Morgan fingerprint density at radius 2 is 2.22 bits per heavy atom. The summed E-state index contributed by atoms with van der Waals surface area (Å²) in [6, 6.07) is 3.72. The van der Waals surface area contributed by atoms with Crippen LogP contribution in [-0.2, 0) is 5.88 Å². The summed E-state index contributed by atoms with van der Waals surface area (Å²) in [5.41, 5.74) is 1.65. The highest BCUT2D eigenvalue weighted by molar-refractivity contribution is 9.10. The maximum Gasteiger partial charge on any atom is 0.139 e. The maximum absolute atomic E-state index is 13.5. The standard InChI is InChI=1S/C13H13BrClFN2/c1-7-2-8(3-7)18-12-4-9(14)10(16)5-11(12)17-13(18)6-15/h4-5,7-8H,2-3,6H2,1H3. The number of nitrogens with zero attached hydrogens (tertiary/aromatic N) is 2. The highest BCUT2D eigenvalue weighted by Gasteiger charge is 2.30. The van der Waals surface area contributed by atoms with E-state index in [2.05, 4.69) is 32.4 Å².